The van der Waals surface area contributed by atoms with Crippen LogP contribution in [0.5, 0.6) is 0 Å². The van der Waals surface area contributed by atoms with Crippen molar-refractivity contribution in [2.24, 2.45) is 0 Å². The van der Waals surface area contributed by atoms with Crippen LogP contribution in [0.3, 0.4) is 0 Å². The first-order valence-corrected chi connectivity index (χ1v) is 4.27. The molecule has 0 saturated heterocycles. The zero-order valence-corrected chi connectivity index (χ0v) is 7.10. The molecule has 1 atom stereocenters. The van der Waals surface area contributed by atoms with Gasteiger partial charge >= 0.3 is 0 Å². The predicted octanol–water partition coefficient (Wildman–Crippen LogP) is 2.03. The molecule has 0 radical (unpaired) electrons. The first kappa shape index (κ1) is 7.74. The van der Waals surface area contributed by atoms with Crippen molar-refractivity contribution in [2.45, 2.75) is 18.9 Å². The van der Waals surface area contributed by atoms with Gasteiger partial charge < -0.3 is 5.32 Å². The molecule has 2 heteroatoms. The van der Waals surface area contributed by atoms with Crippen LogP contribution in [0.4, 0.5) is 4.39 Å². The maximum atomic E-state index is 13.2. The molecule has 64 valence electrons. The lowest BCUT2D eigenvalue weighted by Gasteiger charge is -2.08. The Hall–Kier alpha value is -0.890. The van der Waals surface area contributed by atoms with E-state index in [9.17, 15) is 4.39 Å². The van der Waals surface area contributed by atoms with Crippen LogP contribution in [0, 0.1) is 5.82 Å². The molecular weight excluding hydrogens is 153 g/mol. The van der Waals surface area contributed by atoms with Crippen molar-refractivity contribution in [2.75, 3.05) is 7.05 Å². The number of rotatable bonds is 1. The molecule has 0 spiro atoms. The molecule has 1 aliphatic carbocycles. The van der Waals surface area contributed by atoms with Crippen LogP contribution in [0.1, 0.15) is 23.6 Å². The highest BCUT2D eigenvalue weighted by Crippen LogP contribution is 2.31. The molecule has 1 nitrogen and oxygen atoms in total. The van der Waals surface area contributed by atoms with E-state index >= 15 is 0 Å². The minimum atomic E-state index is -0.0507. The Labute approximate surface area is 71.6 Å². The largest absolute Gasteiger partial charge is 0.313 e. The quantitative estimate of drug-likeness (QED) is 0.671. The first-order chi connectivity index (χ1) is 5.83. The summed E-state index contributed by atoms with van der Waals surface area (Å²) in [5.74, 6) is -0.0507. The molecule has 1 unspecified atom stereocenters. The highest BCUT2D eigenvalue weighted by molar-refractivity contribution is 5.35. The van der Waals surface area contributed by atoms with Gasteiger partial charge in [0.05, 0.1) is 0 Å². The molecule has 0 amide bonds. The third-order valence-electron chi connectivity index (χ3n) is 2.56. The van der Waals surface area contributed by atoms with Crippen molar-refractivity contribution in [3.05, 3.63) is 35.1 Å². The molecule has 2 rings (SSSR count). The number of fused-ring (bicyclic) bond motifs is 1. The Morgan fingerprint density at radius 3 is 3.08 bits per heavy atom. The molecule has 0 heterocycles. The fourth-order valence-electron chi connectivity index (χ4n) is 1.91. The highest BCUT2D eigenvalue weighted by Gasteiger charge is 2.22. The van der Waals surface area contributed by atoms with E-state index in [0.29, 0.717) is 6.04 Å². The number of hydrogen-bond donors (Lipinski definition) is 1. The van der Waals surface area contributed by atoms with E-state index in [2.05, 4.69) is 5.32 Å². The van der Waals surface area contributed by atoms with Gasteiger partial charge in [0, 0.05) is 6.04 Å². The third kappa shape index (κ3) is 1.03. The van der Waals surface area contributed by atoms with Gasteiger partial charge in [0.15, 0.2) is 0 Å². The predicted molar refractivity (Wildman–Crippen MR) is 46.5 cm³/mol. The van der Waals surface area contributed by atoms with E-state index in [1.165, 1.54) is 6.07 Å². The van der Waals surface area contributed by atoms with E-state index in [-0.39, 0.29) is 5.82 Å². The Kier molecular flexibility index (Phi) is 1.85. The summed E-state index contributed by atoms with van der Waals surface area (Å²) in [5.41, 5.74) is 2.04. The molecule has 0 aromatic heterocycles. The van der Waals surface area contributed by atoms with Crippen molar-refractivity contribution >= 4 is 0 Å². The zero-order chi connectivity index (χ0) is 8.55. The van der Waals surface area contributed by atoms with E-state index in [0.717, 1.165) is 24.0 Å². The summed E-state index contributed by atoms with van der Waals surface area (Å²) in [6, 6.07) is 5.68. The summed E-state index contributed by atoms with van der Waals surface area (Å²) >= 11 is 0. The Balaban J connectivity index is 2.46. The summed E-state index contributed by atoms with van der Waals surface area (Å²) < 4.78 is 13.2. The lowest BCUT2D eigenvalue weighted by molar-refractivity contribution is 0.589. The van der Waals surface area contributed by atoms with Gasteiger partial charge in [-0.05, 0) is 37.1 Å². The van der Waals surface area contributed by atoms with Crippen LogP contribution in [0.15, 0.2) is 18.2 Å². The SMILES string of the molecule is CNC1CCc2c(F)cccc21. The number of hydrogen-bond acceptors (Lipinski definition) is 1. The maximum Gasteiger partial charge on any atom is 0.126 e. The van der Waals surface area contributed by atoms with Crippen LogP contribution in [-0.4, -0.2) is 7.05 Å². The van der Waals surface area contributed by atoms with Crippen LogP contribution < -0.4 is 5.32 Å². The second-order valence-electron chi connectivity index (χ2n) is 3.19. The van der Waals surface area contributed by atoms with E-state index in [4.69, 9.17) is 0 Å². The van der Waals surface area contributed by atoms with Crippen molar-refractivity contribution in [1.29, 1.82) is 0 Å². The van der Waals surface area contributed by atoms with E-state index in [1.54, 1.807) is 6.07 Å². The van der Waals surface area contributed by atoms with Crippen molar-refractivity contribution < 1.29 is 4.39 Å². The van der Waals surface area contributed by atoms with Crippen LogP contribution in [0.2, 0.25) is 0 Å². The van der Waals surface area contributed by atoms with Crippen molar-refractivity contribution in [3.63, 3.8) is 0 Å². The van der Waals surface area contributed by atoms with E-state index in [1.807, 2.05) is 13.1 Å². The smallest absolute Gasteiger partial charge is 0.126 e. The standard InChI is InChI=1S/C10H12FN/c1-12-10-6-5-7-8(10)3-2-4-9(7)11/h2-4,10,12H,5-6H2,1H3. The van der Waals surface area contributed by atoms with Gasteiger partial charge in [0.1, 0.15) is 5.82 Å². The number of halogens is 1. The fraction of sp³-hybridized carbons (Fsp3) is 0.400. The average Bonchev–Trinajstić information content (AvgIpc) is 2.49. The summed E-state index contributed by atoms with van der Waals surface area (Å²) in [6.07, 6.45) is 1.89. The van der Waals surface area contributed by atoms with Gasteiger partial charge in [0.2, 0.25) is 0 Å². The van der Waals surface area contributed by atoms with Gasteiger partial charge in [-0.25, -0.2) is 4.39 Å². The summed E-state index contributed by atoms with van der Waals surface area (Å²) in [5, 5.41) is 3.18. The minimum Gasteiger partial charge on any atom is -0.313 e. The summed E-state index contributed by atoms with van der Waals surface area (Å²) in [4.78, 5) is 0. The van der Waals surface area contributed by atoms with E-state index < -0.39 is 0 Å². The molecule has 1 aromatic carbocycles. The monoisotopic (exact) mass is 165 g/mol. The number of benzene rings is 1. The summed E-state index contributed by atoms with van der Waals surface area (Å²) in [6.45, 7) is 0. The zero-order valence-electron chi connectivity index (χ0n) is 7.10. The number of nitrogens with one attached hydrogen (secondary N) is 1. The topological polar surface area (TPSA) is 12.0 Å². The maximum absolute atomic E-state index is 13.2. The molecule has 1 N–H and O–H groups in total. The molecule has 1 aromatic rings. The van der Waals surface area contributed by atoms with Crippen LogP contribution in [0.25, 0.3) is 0 Å². The van der Waals surface area contributed by atoms with Gasteiger partial charge in [0.25, 0.3) is 0 Å². The molecule has 0 bridgehead atoms. The average molecular weight is 165 g/mol. The Bertz CT molecular complexity index is 296. The molecular formula is C10H12FN. The Morgan fingerprint density at radius 2 is 2.33 bits per heavy atom. The van der Waals surface area contributed by atoms with Crippen LogP contribution in [-0.2, 0) is 6.42 Å². The molecule has 12 heavy (non-hydrogen) atoms. The van der Waals surface area contributed by atoms with Gasteiger partial charge in [-0.1, -0.05) is 12.1 Å². The van der Waals surface area contributed by atoms with Crippen LogP contribution >= 0.6 is 0 Å². The van der Waals surface area contributed by atoms with Gasteiger partial charge in [-0.2, -0.15) is 0 Å². The van der Waals surface area contributed by atoms with Crippen molar-refractivity contribution in [3.8, 4) is 0 Å². The fourth-order valence-corrected chi connectivity index (χ4v) is 1.91. The second-order valence-corrected chi connectivity index (χ2v) is 3.19. The lowest BCUT2D eigenvalue weighted by atomic mass is 10.1. The normalized spacial score (nSPS) is 21.0. The molecule has 1 aliphatic rings. The highest BCUT2D eigenvalue weighted by atomic mass is 19.1. The van der Waals surface area contributed by atoms with Gasteiger partial charge in [-0.15, -0.1) is 0 Å². The van der Waals surface area contributed by atoms with Crippen molar-refractivity contribution in [1.82, 2.24) is 5.32 Å². The third-order valence-corrected chi connectivity index (χ3v) is 2.56. The second kappa shape index (κ2) is 2.87. The first-order valence-electron chi connectivity index (χ1n) is 4.27. The van der Waals surface area contributed by atoms with Gasteiger partial charge in [-0.3, -0.25) is 0 Å². The molecule has 0 fully saturated rings. The Morgan fingerprint density at radius 1 is 1.50 bits per heavy atom. The lowest BCUT2D eigenvalue weighted by Crippen LogP contribution is -2.12. The summed E-state index contributed by atoms with van der Waals surface area (Å²) in [7, 11) is 1.92. The molecule has 0 saturated carbocycles. The minimum absolute atomic E-state index is 0.0507. The molecule has 0 aliphatic heterocycles.